The van der Waals surface area contributed by atoms with Crippen molar-refractivity contribution in [2.75, 3.05) is 19.8 Å². The molecule has 17 heavy (non-hydrogen) atoms. The standard InChI is InChI=1S/C14H18N2O/c1-14(9-17-10-14)8-15-7-11-2-3-13-12(6-11)4-5-16-13/h2-6,15-16H,7-10H2,1H3. The molecule has 0 unspecified atom stereocenters. The monoisotopic (exact) mass is 230 g/mol. The van der Waals surface area contributed by atoms with Gasteiger partial charge >= 0.3 is 0 Å². The summed E-state index contributed by atoms with van der Waals surface area (Å²) in [5, 5.41) is 4.79. The third-order valence-electron chi connectivity index (χ3n) is 3.40. The Hall–Kier alpha value is -1.32. The molecule has 1 aromatic heterocycles. The van der Waals surface area contributed by atoms with E-state index in [0.29, 0.717) is 5.41 Å². The molecule has 1 aromatic carbocycles. The number of hydrogen-bond donors (Lipinski definition) is 2. The van der Waals surface area contributed by atoms with Crippen molar-refractivity contribution >= 4 is 10.9 Å². The lowest BCUT2D eigenvalue weighted by molar-refractivity contribution is -0.0991. The summed E-state index contributed by atoms with van der Waals surface area (Å²) >= 11 is 0. The molecule has 1 aliphatic heterocycles. The minimum atomic E-state index is 0.345. The number of nitrogens with one attached hydrogen (secondary N) is 2. The lowest BCUT2D eigenvalue weighted by atomic mass is 9.89. The van der Waals surface area contributed by atoms with Crippen LogP contribution in [0, 0.1) is 5.41 Å². The highest BCUT2D eigenvalue weighted by atomic mass is 16.5. The van der Waals surface area contributed by atoms with Crippen LogP contribution in [0.2, 0.25) is 0 Å². The maximum Gasteiger partial charge on any atom is 0.0554 e. The molecule has 0 radical (unpaired) electrons. The maximum atomic E-state index is 5.24. The van der Waals surface area contributed by atoms with E-state index in [9.17, 15) is 0 Å². The third-order valence-corrected chi connectivity index (χ3v) is 3.40. The van der Waals surface area contributed by atoms with Crippen molar-refractivity contribution in [3.63, 3.8) is 0 Å². The van der Waals surface area contributed by atoms with E-state index in [-0.39, 0.29) is 0 Å². The lowest BCUT2D eigenvalue weighted by Crippen LogP contribution is -2.47. The highest BCUT2D eigenvalue weighted by molar-refractivity contribution is 5.79. The summed E-state index contributed by atoms with van der Waals surface area (Å²) in [4.78, 5) is 3.21. The summed E-state index contributed by atoms with van der Waals surface area (Å²) in [5.41, 5.74) is 2.88. The van der Waals surface area contributed by atoms with Crippen LogP contribution in [0.25, 0.3) is 10.9 Å². The average molecular weight is 230 g/mol. The van der Waals surface area contributed by atoms with Crippen molar-refractivity contribution < 1.29 is 4.74 Å². The van der Waals surface area contributed by atoms with Gasteiger partial charge in [-0.25, -0.2) is 0 Å². The van der Waals surface area contributed by atoms with Crippen LogP contribution in [0.3, 0.4) is 0 Å². The van der Waals surface area contributed by atoms with E-state index in [1.54, 1.807) is 0 Å². The first-order valence-electron chi connectivity index (χ1n) is 6.10. The average Bonchev–Trinajstić information content (AvgIpc) is 2.74. The normalized spacial score (nSPS) is 18.2. The van der Waals surface area contributed by atoms with Crippen LogP contribution >= 0.6 is 0 Å². The quantitative estimate of drug-likeness (QED) is 0.845. The van der Waals surface area contributed by atoms with Gasteiger partial charge in [0.25, 0.3) is 0 Å². The third kappa shape index (κ3) is 2.21. The molecule has 0 atom stereocenters. The molecule has 0 bridgehead atoms. The number of aromatic nitrogens is 1. The van der Waals surface area contributed by atoms with E-state index in [4.69, 9.17) is 4.74 Å². The molecule has 3 rings (SSSR count). The Labute approximate surface area is 101 Å². The molecular formula is C14H18N2O. The molecule has 1 saturated heterocycles. The van der Waals surface area contributed by atoms with E-state index in [1.807, 2.05) is 6.20 Å². The molecule has 2 heterocycles. The minimum absolute atomic E-state index is 0.345. The van der Waals surface area contributed by atoms with Crippen LogP contribution in [0.4, 0.5) is 0 Å². The summed E-state index contributed by atoms with van der Waals surface area (Å²) in [6, 6.07) is 8.66. The molecule has 0 aliphatic carbocycles. The molecule has 2 N–H and O–H groups in total. The van der Waals surface area contributed by atoms with Gasteiger partial charge in [0, 0.05) is 30.2 Å². The molecule has 0 saturated carbocycles. The smallest absolute Gasteiger partial charge is 0.0554 e. The second-order valence-corrected chi connectivity index (χ2v) is 5.31. The first kappa shape index (κ1) is 10.8. The van der Waals surface area contributed by atoms with Crippen LogP contribution in [-0.4, -0.2) is 24.7 Å². The van der Waals surface area contributed by atoms with E-state index in [1.165, 1.54) is 16.5 Å². The summed E-state index contributed by atoms with van der Waals surface area (Å²) < 4.78 is 5.24. The van der Waals surface area contributed by atoms with Gasteiger partial charge in [-0.1, -0.05) is 13.0 Å². The van der Waals surface area contributed by atoms with Gasteiger partial charge in [-0.05, 0) is 29.1 Å². The van der Waals surface area contributed by atoms with Gasteiger partial charge < -0.3 is 15.0 Å². The molecule has 3 nitrogen and oxygen atoms in total. The number of aromatic amines is 1. The van der Waals surface area contributed by atoms with E-state index >= 15 is 0 Å². The summed E-state index contributed by atoms with van der Waals surface area (Å²) in [6.07, 6.45) is 1.98. The van der Waals surface area contributed by atoms with Crippen molar-refractivity contribution in [3.8, 4) is 0 Å². The Bertz CT molecular complexity index is 514. The Morgan fingerprint density at radius 1 is 1.35 bits per heavy atom. The van der Waals surface area contributed by atoms with Gasteiger partial charge in [0.05, 0.1) is 13.2 Å². The zero-order valence-electron chi connectivity index (χ0n) is 10.1. The van der Waals surface area contributed by atoms with E-state index in [2.05, 4.69) is 41.5 Å². The summed E-state index contributed by atoms with van der Waals surface area (Å²) in [7, 11) is 0. The van der Waals surface area contributed by atoms with Crippen molar-refractivity contribution in [2.24, 2.45) is 5.41 Å². The number of H-pyrrole nitrogens is 1. The minimum Gasteiger partial charge on any atom is -0.380 e. The highest BCUT2D eigenvalue weighted by Crippen LogP contribution is 2.25. The second kappa shape index (κ2) is 4.17. The number of fused-ring (bicyclic) bond motifs is 1. The second-order valence-electron chi connectivity index (χ2n) is 5.31. The molecule has 0 spiro atoms. The highest BCUT2D eigenvalue weighted by Gasteiger charge is 2.32. The number of rotatable bonds is 4. The number of hydrogen-bond acceptors (Lipinski definition) is 2. The van der Waals surface area contributed by atoms with Crippen molar-refractivity contribution in [2.45, 2.75) is 13.5 Å². The number of ether oxygens (including phenoxy) is 1. The Morgan fingerprint density at radius 3 is 3.00 bits per heavy atom. The van der Waals surface area contributed by atoms with Crippen molar-refractivity contribution in [1.82, 2.24) is 10.3 Å². The van der Waals surface area contributed by atoms with Crippen LogP contribution in [0.5, 0.6) is 0 Å². The van der Waals surface area contributed by atoms with Gasteiger partial charge in [-0.3, -0.25) is 0 Å². The molecule has 3 heteroatoms. The zero-order chi connectivity index (χ0) is 11.7. The number of benzene rings is 1. The van der Waals surface area contributed by atoms with Crippen molar-refractivity contribution in [1.29, 1.82) is 0 Å². The van der Waals surface area contributed by atoms with Crippen molar-refractivity contribution in [3.05, 3.63) is 36.0 Å². The van der Waals surface area contributed by atoms with Crippen LogP contribution in [0.15, 0.2) is 30.5 Å². The van der Waals surface area contributed by atoms with Crippen LogP contribution in [0.1, 0.15) is 12.5 Å². The Morgan fingerprint density at radius 2 is 2.24 bits per heavy atom. The first-order valence-corrected chi connectivity index (χ1v) is 6.10. The fourth-order valence-corrected chi connectivity index (χ4v) is 2.27. The molecular weight excluding hydrogens is 212 g/mol. The van der Waals surface area contributed by atoms with Gasteiger partial charge in [0.2, 0.25) is 0 Å². The summed E-state index contributed by atoms with van der Waals surface area (Å²) in [5.74, 6) is 0. The van der Waals surface area contributed by atoms with Gasteiger partial charge in [-0.2, -0.15) is 0 Å². The first-order chi connectivity index (χ1) is 8.25. The van der Waals surface area contributed by atoms with Gasteiger partial charge in [-0.15, -0.1) is 0 Å². The van der Waals surface area contributed by atoms with Gasteiger partial charge in [0.15, 0.2) is 0 Å². The Balaban J connectivity index is 1.60. The summed E-state index contributed by atoms with van der Waals surface area (Å²) in [6.45, 7) is 5.99. The molecule has 2 aromatic rings. The zero-order valence-corrected chi connectivity index (χ0v) is 10.1. The van der Waals surface area contributed by atoms with E-state index < -0.39 is 0 Å². The molecule has 1 aliphatic rings. The SMILES string of the molecule is CC1(CNCc2ccc3[nH]ccc3c2)COC1. The Kier molecular flexibility index (Phi) is 2.65. The molecule has 1 fully saturated rings. The maximum absolute atomic E-state index is 5.24. The topological polar surface area (TPSA) is 37.0 Å². The largest absolute Gasteiger partial charge is 0.380 e. The fourth-order valence-electron chi connectivity index (χ4n) is 2.27. The van der Waals surface area contributed by atoms with Crippen LogP contribution in [-0.2, 0) is 11.3 Å². The lowest BCUT2D eigenvalue weighted by Gasteiger charge is -2.38. The fraction of sp³-hybridized carbons (Fsp3) is 0.429. The van der Waals surface area contributed by atoms with E-state index in [0.717, 1.165) is 26.3 Å². The van der Waals surface area contributed by atoms with Crippen LogP contribution < -0.4 is 5.32 Å². The molecule has 0 amide bonds. The predicted molar refractivity (Wildman–Crippen MR) is 68.9 cm³/mol. The molecule has 90 valence electrons. The van der Waals surface area contributed by atoms with Gasteiger partial charge in [0.1, 0.15) is 0 Å². The predicted octanol–water partition coefficient (Wildman–Crippen LogP) is 2.29.